The SMILES string of the molecule is CC[Si](CC)(CC)O[C@H]1CC(=O)OC(/C(C)=C/c2csc(C)n2)C/C=C(/C)C/C=C/[C@H](C)[C@H](O[Si](C)(C)C(C)(C)C)C(C)C(=O)C1(C)C. The molecule has 1 aliphatic heterocycles. The van der Waals surface area contributed by atoms with Gasteiger partial charge in [-0.25, -0.2) is 4.98 Å². The van der Waals surface area contributed by atoms with E-state index >= 15 is 0 Å². The Morgan fingerprint density at radius 2 is 1.69 bits per heavy atom. The Kier molecular flexibility index (Phi) is 15.5. The first kappa shape index (κ1) is 42.5. The van der Waals surface area contributed by atoms with Crippen LogP contribution >= 0.6 is 11.3 Å². The lowest BCUT2D eigenvalue weighted by Gasteiger charge is -2.45. The number of ketones is 1. The molecule has 272 valence electrons. The quantitative estimate of drug-likeness (QED) is 0.144. The molecule has 0 amide bonds. The van der Waals surface area contributed by atoms with Gasteiger partial charge in [0.2, 0.25) is 0 Å². The number of ether oxygens (including phenoxy) is 1. The zero-order valence-electron chi connectivity index (χ0n) is 32.9. The number of carbonyl (C=O) groups is 2. The molecule has 9 heteroatoms. The minimum absolute atomic E-state index is 0.00524. The highest BCUT2D eigenvalue weighted by Gasteiger charge is 2.49. The molecule has 2 unspecified atom stereocenters. The van der Waals surface area contributed by atoms with Gasteiger partial charge in [0.25, 0.3) is 0 Å². The summed E-state index contributed by atoms with van der Waals surface area (Å²) < 4.78 is 20.5. The second-order valence-electron chi connectivity index (χ2n) is 16.2. The Bertz CT molecular complexity index is 1310. The van der Waals surface area contributed by atoms with Gasteiger partial charge in [-0.2, -0.15) is 0 Å². The van der Waals surface area contributed by atoms with E-state index in [0.29, 0.717) is 6.42 Å². The Morgan fingerprint density at radius 3 is 2.21 bits per heavy atom. The number of thiazole rings is 1. The fourth-order valence-electron chi connectivity index (χ4n) is 6.25. The van der Waals surface area contributed by atoms with Gasteiger partial charge < -0.3 is 13.6 Å². The number of rotatable bonds is 9. The topological polar surface area (TPSA) is 74.7 Å². The number of nitrogens with zero attached hydrogens (tertiary/aromatic N) is 1. The third-order valence-corrected chi connectivity index (χ3v) is 21.0. The summed E-state index contributed by atoms with van der Waals surface area (Å²) in [4.78, 5) is 33.4. The van der Waals surface area contributed by atoms with Crippen LogP contribution in [-0.4, -0.2) is 51.7 Å². The molecular formula is C39H67NO5SSi2. The van der Waals surface area contributed by atoms with E-state index in [-0.39, 0.29) is 35.2 Å². The van der Waals surface area contributed by atoms with Gasteiger partial charge in [-0.15, -0.1) is 11.3 Å². The van der Waals surface area contributed by atoms with Crippen LogP contribution in [0.15, 0.2) is 34.8 Å². The first-order valence-electron chi connectivity index (χ1n) is 18.1. The number of esters is 1. The molecule has 0 aliphatic carbocycles. The summed E-state index contributed by atoms with van der Waals surface area (Å²) in [5, 5.41) is 3.01. The van der Waals surface area contributed by atoms with Crippen LogP contribution in [-0.2, 0) is 23.2 Å². The van der Waals surface area contributed by atoms with Gasteiger partial charge in [0.1, 0.15) is 11.9 Å². The first-order chi connectivity index (χ1) is 22.1. The molecule has 48 heavy (non-hydrogen) atoms. The maximum absolute atomic E-state index is 14.8. The van der Waals surface area contributed by atoms with Crippen LogP contribution in [0, 0.1) is 24.2 Å². The highest BCUT2D eigenvalue weighted by molar-refractivity contribution is 7.09. The van der Waals surface area contributed by atoms with Crippen molar-refractivity contribution in [3.8, 4) is 0 Å². The van der Waals surface area contributed by atoms with Crippen LogP contribution in [0.1, 0.15) is 113 Å². The minimum Gasteiger partial charge on any atom is -0.457 e. The molecule has 0 fully saturated rings. The molecule has 0 radical (unpaired) electrons. The molecule has 6 nitrogen and oxygen atoms in total. The lowest BCUT2D eigenvalue weighted by Crippen LogP contribution is -2.53. The molecule has 0 saturated heterocycles. The Balaban J connectivity index is 2.70. The summed E-state index contributed by atoms with van der Waals surface area (Å²) in [6.07, 6.45) is 8.62. The standard InChI is InChI=1S/C39H67NO5SSi2/c1-16-48(17-2,18-3)44-34-25-35(41)43-33(29(6)24-32-26-46-31(8)40-32)23-22-27(4)20-19-21-28(5)36(30(7)37(42)39(34,12)13)45-47(14,15)38(9,10)11/h19,21-22,24,26,28,30,33-34,36H,16-18,20,23,25H2,1-15H3/b21-19+,27-22-,29-24+/t28-,30?,33?,34-,36-/m0/s1. The molecule has 2 rings (SSSR count). The summed E-state index contributed by atoms with van der Waals surface area (Å²) in [5.74, 6) is -0.646. The van der Waals surface area contributed by atoms with Crippen molar-refractivity contribution >= 4 is 45.8 Å². The number of cyclic esters (lactones) is 1. The minimum atomic E-state index is -2.22. The maximum Gasteiger partial charge on any atom is 0.309 e. The molecule has 1 aromatic rings. The molecule has 5 atom stereocenters. The molecular weight excluding hydrogens is 651 g/mol. The van der Waals surface area contributed by atoms with Crippen LogP contribution in [0.5, 0.6) is 0 Å². The van der Waals surface area contributed by atoms with Crippen LogP contribution in [0.4, 0.5) is 0 Å². The van der Waals surface area contributed by atoms with E-state index in [9.17, 15) is 9.59 Å². The van der Waals surface area contributed by atoms with Gasteiger partial charge >= 0.3 is 5.97 Å². The second kappa shape index (κ2) is 17.5. The highest BCUT2D eigenvalue weighted by atomic mass is 32.1. The summed E-state index contributed by atoms with van der Waals surface area (Å²) in [6, 6.07) is 2.77. The number of Topliss-reactive ketones (excluding diaryl/α,β-unsaturated/α-hetero) is 1. The van der Waals surface area contributed by atoms with Crippen molar-refractivity contribution in [2.45, 2.75) is 164 Å². The van der Waals surface area contributed by atoms with E-state index in [4.69, 9.17) is 13.6 Å². The van der Waals surface area contributed by atoms with E-state index < -0.39 is 40.2 Å². The van der Waals surface area contributed by atoms with Crippen molar-refractivity contribution in [2.75, 3.05) is 0 Å². The monoisotopic (exact) mass is 717 g/mol. The normalized spacial score (nSPS) is 27.7. The molecule has 1 aliphatic rings. The van der Waals surface area contributed by atoms with Crippen LogP contribution in [0.3, 0.4) is 0 Å². The summed E-state index contributed by atoms with van der Waals surface area (Å²) in [7, 11) is -4.43. The molecule has 0 spiro atoms. The molecule has 2 heterocycles. The van der Waals surface area contributed by atoms with Gasteiger partial charge in [0.15, 0.2) is 16.6 Å². The molecule has 0 bridgehead atoms. The first-order valence-corrected chi connectivity index (χ1v) is 24.5. The van der Waals surface area contributed by atoms with Crippen LogP contribution in [0.2, 0.25) is 36.3 Å². The van der Waals surface area contributed by atoms with Crippen molar-refractivity contribution < 1.29 is 23.2 Å². The molecule has 0 N–H and O–H groups in total. The van der Waals surface area contributed by atoms with E-state index in [1.54, 1.807) is 11.3 Å². The Labute approximate surface area is 299 Å². The summed E-state index contributed by atoms with van der Waals surface area (Å²) >= 11 is 1.60. The second-order valence-corrected chi connectivity index (χ2v) is 26.7. The summed E-state index contributed by atoms with van der Waals surface area (Å²) in [5.41, 5.74) is 2.06. The third-order valence-electron chi connectivity index (χ3n) is 11.1. The number of aryl methyl sites for hydroxylation is 1. The summed E-state index contributed by atoms with van der Waals surface area (Å²) in [6.45, 7) is 32.0. The maximum atomic E-state index is 14.8. The van der Waals surface area contributed by atoms with Gasteiger partial charge in [-0.3, -0.25) is 9.59 Å². The highest BCUT2D eigenvalue weighted by Crippen LogP contribution is 2.42. The van der Waals surface area contributed by atoms with Gasteiger partial charge in [-0.05, 0) is 81.0 Å². The Hall–Kier alpha value is -1.66. The number of hydrogen-bond acceptors (Lipinski definition) is 7. The van der Waals surface area contributed by atoms with Crippen molar-refractivity contribution in [1.82, 2.24) is 4.98 Å². The third kappa shape index (κ3) is 11.2. The van der Waals surface area contributed by atoms with E-state index in [0.717, 1.165) is 40.8 Å². The van der Waals surface area contributed by atoms with Crippen LogP contribution in [0.25, 0.3) is 6.08 Å². The molecule has 0 aromatic carbocycles. The fourth-order valence-corrected chi connectivity index (χ4v) is 11.3. The molecule has 1 aromatic heterocycles. The van der Waals surface area contributed by atoms with Gasteiger partial charge in [0, 0.05) is 23.1 Å². The van der Waals surface area contributed by atoms with Crippen LogP contribution < -0.4 is 0 Å². The number of carbonyl (C=O) groups excluding carboxylic acids is 2. The van der Waals surface area contributed by atoms with E-state index in [2.05, 4.69) is 91.7 Å². The Morgan fingerprint density at radius 1 is 1.08 bits per heavy atom. The smallest absolute Gasteiger partial charge is 0.309 e. The van der Waals surface area contributed by atoms with Crippen molar-refractivity contribution in [1.29, 1.82) is 0 Å². The molecule has 0 saturated carbocycles. The van der Waals surface area contributed by atoms with E-state index in [1.165, 1.54) is 5.57 Å². The predicted octanol–water partition coefficient (Wildman–Crippen LogP) is 11.1. The van der Waals surface area contributed by atoms with Gasteiger partial charge in [0.05, 0.1) is 29.3 Å². The number of allylic oxidation sites excluding steroid dienone is 2. The largest absolute Gasteiger partial charge is 0.457 e. The lowest BCUT2D eigenvalue weighted by molar-refractivity contribution is -0.153. The van der Waals surface area contributed by atoms with Crippen molar-refractivity contribution in [3.63, 3.8) is 0 Å². The number of aromatic nitrogens is 1. The fraction of sp³-hybridized carbons (Fsp3) is 0.718. The van der Waals surface area contributed by atoms with Gasteiger partial charge in [-0.1, -0.05) is 93.0 Å². The lowest BCUT2D eigenvalue weighted by atomic mass is 9.73. The average Bonchev–Trinajstić information content (AvgIpc) is 3.42. The predicted molar refractivity (Wildman–Crippen MR) is 208 cm³/mol. The van der Waals surface area contributed by atoms with Crippen molar-refractivity contribution in [3.05, 3.63) is 45.5 Å². The average molecular weight is 718 g/mol. The van der Waals surface area contributed by atoms with Crippen molar-refractivity contribution in [2.24, 2.45) is 17.3 Å². The number of hydrogen-bond donors (Lipinski definition) is 0. The zero-order valence-corrected chi connectivity index (χ0v) is 35.7. The van der Waals surface area contributed by atoms with E-state index in [1.807, 2.05) is 46.1 Å². The zero-order chi connectivity index (χ0) is 36.7.